The van der Waals surface area contributed by atoms with Gasteiger partial charge in [-0.1, -0.05) is 48.8 Å². The average molecular weight is 330 g/mol. The number of aromatic nitrogens is 1. The Morgan fingerprint density at radius 2 is 1.80 bits per heavy atom. The molecule has 0 bridgehead atoms. The third-order valence-electron chi connectivity index (χ3n) is 3.30. The molecule has 0 aliphatic rings. The Kier molecular flexibility index (Phi) is 3.17. The van der Waals surface area contributed by atoms with E-state index < -0.39 is 0 Å². The Balaban J connectivity index is 2.16. The second kappa shape index (κ2) is 4.74. The molecule has 0 saturated carbocycles. The molecular formula is C17H16BrNO. The second-order valence-electron chi connectivity index (χ2n) is 5.97. The molecule has 0 aliphatic carbocycles. The minimum atomic E-state index is 0.0878. The maximum atomic E-state index is 5.84. The number of hydrogen-bond acceptors (Lipinski definition) is 2. The standard InChI is InChI=1S/C17H16BrNO/c1-17(2,3)12-8-11(9-13(18)10-12)16-19-14-6-4-5-7-15(14)20-16/h4-10H,1-3H3. The molecule has 0 atom stereocenters. The van der Waals surface area contributed by atoms with Crippen molar-refractivity contribution in [2.75, 3.05) is 0 Å². The van der Waals surface area contributed by atoms with E-state index in [-0.39, 0.29) is 5.41 Å². The first-order chi connectivity index (χ1) is 9.43. The zero-order chi connectivity index (χ0) is 14.3. The van der Waals surface area contributed by atoms with Crippen LogP contribution in [0.3, 0.4) is 0 Å². The molecule has 1 aromatic heterocycles. The van der Waals surface area contributed by atoms with Crippen LogP contribution < -0.4 is 0 Å². The highest BCUT2D eigenvalue weighted by molar-refractivity contribution is 9.10. The van der Waals surface area contributed by atoms with Crippen molar-refractivity contribution < 1.29 is 4.42 Å². The molecule has 2 aromatic carbocycles. The van der Waals surface area contributed by atoms with E-state index in [1.54, 1.807) is 0 Å². The van der Waals surface area contributed by atoms with E-state index in [4.69, 9.17) is 4.42 Å². The van der Waals surface area contributed by atoms with Crippen molar-refractivity contribution in [3.05, 3.63) is 52.5 Å². The van der Waals surface area contributed by atoms with Gasteiger partial charge in [-0.2, -0.15) is 0 Å². The highest BCUT2D eigenvalue weighted by Crippen LogP contribution is 2.32. The van der Waals surface area contributed by atoms with Crippen LogP contribution in [0.25, 0.3) is 22.6 Å². The lowest BCUT2D eigenvalue weighted by Crippen LogP contribution is -2.11. The molecular weight excluding hydrogens is 314 g/mol. The van der Waals surface area contributed by atoms with Gasteiger partial charge in [0.15, 0.2) is 5.58 Å². The molecule has 3 aromatic rings. The van der Waals surface area contributed by atoms with E-state index >= 15 is 0 Å². The highest BCUT2D eigenvalue weighted by Gasteiger charge is 2.17. The van der Waals surface area contributed by atoms with Crippen LogP contribution in [-0.4, -0.2) is 4.98 Å². The van der Waals surface area contributed by atoms with E-state index in [0.29, 0.717) is 5.89 Å². The van der Waals surface area contributed by atoms with Gasteiger partial charge in [-0.05, 0) is 41.3 Å². The number of oxazole rings is 1. The summed E-state index contributed by atoms with van der Waals surface area (Å²) in [6, 6.07) is 14.2. The van der Waals surface area contributed by atoms with E-state index in [2.05, 4.69) is 53.8 Å². The van der Waals surface area contributed by atoms with Gasteiger partial charge in [-0.25, -0.2) is 4.98 Å². The zero-order valence-electron chi connectivity index (χ0n) is 11.8. The first-order valence-corrected chi connectivity index (χ1v) is 7.40. The fourth-order valence-corrected chi connectivity index (χ4v) is 2.64. The maximum Gasteiger partial charge on any atom is 0.227 e. The molecule has 0 saturated heterocycles. The van der Waals surface area contributed by atoms with Crippen LogP contribution in [0.5, 0.6) is 0 Å². The predicted octanol–water partition coefficient (Wildman–Crippen LogP) is 5.55. The van der Waals surface area contributed by atoms with Gasteiger partial charge in [-0.3, -0.25) is 0 Å². The summed E-state index contributed by atoms with van der Waals surface area (Å²) in [7, 11) is 0. The number of halogens is 1. The summed E-state index contributed by atoms with van der Waals surface area (Å²) < 4.78 is 6.89. The van der Waals surface area contributed by atoms with E-state index in [9.17, 15) is 0 Å². The van der Waals surface area contributed by atoms with E-state index in [1.165, 1.54) is 5.56 Å². The Morgan fingerprint density at radius 1 is 1.05 bits per heavy atom. The number of benzene rings is 2. The molecule has 0 aliphatic heterocycles. The van der Waals surface area contributed by atoms with Gasteiger partial charge in [0.2, 0.25) is 5.89 Å². The van der Waals surface area contributed by atoms with Gasteiger partial charge < -0.3 is 4.42 Å². The minimum Gasteiger partial charge on any atom is -0.436 e. The van der Waals surface area contributed by atoms with Crippen molar-refractivity contribution in [2.45, 2.75) is 26.2 Å². The molecule has 0 amide bonds. The summed E-state index contributed by atoms with van der Waals surface area (Å²) in [6.07, 6.45) is 0. The van der Waals surface area contributed by atoms with Crippen LogP contribution in [0.4, 0.5) is 0 Å². The first kappa shape index (κ1) is 13.4. The molecule has 0 fully saturated rings. The molecule has 3 heteroatoms. The number of hydrogen-bond donors (Lipinski definition) is 0. The monoisotopic (exact) mass is 329 g/mol. The van der Waals surface area contributed by atoms with Crippen LogP contribution in [0.2, 0.25) is 0 Å². The second-order valence-corrected chi connectivity index (χ2v) is 6.88. The van der Waals surface area contributed by atoms with Crippen molar-refractivity contribution in [3.8, 4) is 11.5 Å². The lowest BCUT2D eigenvalue weighted by atomic mass is 9.86. The van der Waals surface area contributed by atoms with Gasteiger partial charge in [-0.15, -0.1) is 0 Å². The van der Waals surface area contributed by atoms with Crippen LogP contribution >= 0.6 is 15.9 Å². The molecule has 0 radical (unpaired) electrons. The number of para-hydroxylation sites is 2. The third kappa shape index (κ3) is 2.50. The molecule has 102 valence electrons. The lowest BCUT2D eigenvalue weighted by molar-refractivity contribution is 0.588. The Morgan fingerprint density at radius 3 is 2.50 bits per heavy atom. The van der Waals surface area contributed by atoms with Gasteiger partial charge in [0.25, 0.3) is 0 Å². The summed E-state index contributed by atoms with van der Waals surface area (Å²) in [5.41, 5.74) is 4.05. The van der Waals surface area contributed by atoms with Crippen molar-refractivity contribution in [1.82, 2.24) is 4.98 Å². The van der Waals surface area contributed by atoms with Crippen LogP contribution in [0.15, 0.2) is 51.4 Å². The van der Waals surface area contributed by atoms with E-state index in [0.717, 1.165) is 21.1 Å². The van der Waals surface area contributed by atoms with Crippen molar-refractivity contribution in [3.63, 3.8) is 0 Å². The fourth-order valence-electron chi connectivity index (χ4n) is 2.14. The summed E-state index contributed by atoms with van der Waals surface area (Å²) in [6.45, 7) is 6.60. The smallest absolute Gasteiger partial charge is 0.227 e. The largest absolute Gasteiger partial charge is 0.436 e. The molecule has 3 rings (SSSR count). The van der Waals surface area contributed by atoms with Crippen molar-refractivity contribution in [1.29, 1.82) is 0 Å². The Bertz CT molecular complexity index is 735. The van der Waals surface area contributed by atoms with Crippen LogP contribution in [-0.2, 0) is 5.41 Å². The van der Waals surface area contributed by atoms with Crippen LogP contribution in [0.1, 0.15) is 26.3 Å². The quantitative estimate of drug-likeness (QED) is 0.584. The summed E-state index contributed by atoms with van der Waals surface area (Å²) >= 11 is 3.58. The Hall–Kier alpha value is -1.61. The fraction of sp³-hybridized carbons (Fsp3) is 0.235. The molecule has 20 heavy (non-hydrogen) atoms. The number of rotatable bonds is 1. The zero-order valence-corrected chi connectivity index (χ0v) is 13.4. The van der Waals surface area contributed by atoms with Gasteiger partial charge in [0, 0.05) is 10.0 Å². The van der Waals surface area contributed by atoms with Crippen molar-refractivity contribution >= 4 is 27.0 Å². The summed E-state index contributed by atoms with van der Waals surface area (Å²) in [5.74, 6) is 0.665. The Labute approximate surface area is 127 Å². The number of nitrogens with zero attached hydrogens (tertiary/aromatic N) is 1. The molecule has 2 nitrogen and oxygen atoms in total. The average Bonchev–Trinajstić information content (AvgIpc) is 2.80. The summed E-state index contributed by atoms with van der Waals surface area (Å²) in [5, 5.41) is 0. The van der Waals surface area contributed by atoms with Crippen molar-refractivity contribution in [2.24, 2.45) is 0 Å². The lowest BCUT2D eigenvalue weighted by Gasteiger charge is -2.19. The topological polar surface area (TPSA) is 26.0 Å². The highest BCUT2D eigenvalue weighted by atomic mass is 79.9. The van der Waals surface area contributed by atoms with Crippen LogP contribution in [0, 0.1) is 0 Å². The van der Waals surface area contributed by atoms with Gasteiger partial charge >= 0.3 is 0 Å². The predicted molar refractivity (Wildman–Crippen MR) is 85.8 cm³/mol. The normalized spacial score (nSPS) is 12.0. The van der Waals surface area contributed by atoms with E-state index in [1.807, 2.05) is 30.3 Å². The maximum absolute atomic E-state index is 5.84. The molecule has 0 spiro atoms. The van der Waals surface area contributed by atoms with Gasteiger partial charge in [0.1, 0.15) is 5.52 Å². The SMILES string of the molecule is CC(C)(C)c1cc(Br)cc(-c2nc3ccccc3o2)c1. The van der Waals surface area contributed by atoms with Gasteiger partial charge in [0.05, 0.1) is 0 Å². The molecule has 0 unspecified atom stereocenters. The third-order valence-corrected chi connectivity index (χ3v) is 3.76. The first-order valence-electron chi connectivity index (χ1n) is 6.60. The minimum absolute atomic E-state index is 0.0878. The molecule has 0 N–H and O–H groups in total. The number of fused-ring (bicyclic) bond motifs is 1. The summed E-state index contributed by atoms with van der Waals surface area (Å²) in [4.78, 5) is 4.56. The molecule has 1 heterocycles.